The molecule has 1 aromatic carbocycles. The zero-order valence-electron chi connectivity index (χ0n) is 11.9. The van der Waals surface area contributed by atoms with Crippen LogP contribution in [0.2, 0.25) is 0 Å². The summed E-state index contributed by atoms with van der Waals surface area (Å²) in [6.45, 7) is 2.30. The molecule has 21 heavy (non-hydrogen) atoms. The highest BCUT2D eigenvalue weighted by Crippen LogP contribution is 2.20. The number of rotatable bonds is 4. The molecule has 0 N–H and O–H groups in total. The maximum absolute atomic E-state index is 12.0. The Hall–Kier alpha value is -2.42. The summed E-state index contributed by atoms with van der Waals surface area (Å²) in [6.07, 6.45) is 9.29. The molecule has 1 saturated heterocycles. The Morgan fingerprint density at radius 2 is 1.67 bits per heavy atom. The van der Waals surface area contributed by atoms with Gasteiger partial charge in [-0.05, 0) is 48.7 Å². The summed E-state index contributed by atoms with van der Waals surface area (Å²) < 4.78 is 0. The molecule has 0 atom stereocenters. The van der Waals surface area contributed by atoms with E-state index in [9.17, 15) is 4.79 Å². The maximum Gasteiger partial charge on any atom is 0.185 e. The quantitative estimate of drug-likeness (QED) is 0.633. The highest BCUT2D eigenvalue weighted by Gasteiger charge is 2.11. The second-order valence-electron chi connectivity index (χ2n) is 5.22. The molecule has 3 rings (SSSR count). The van der Waals surface area contributed by atoms with E-state index >= 15 is 0 Å². The van der Waals surface area contributed by atoms with Crippen LogP contribution in [0.5, 0.6) is 0 Å². The molecular formula is C18H18N2O. The predicted molar refractivity (Wildman–Crippen MR) is 85.5 cm³/mol. The Kier molecular flexibility index (Phi) is 4.10. The highest BCUT2D eigenvalue weighted by molar-refractivity contribution is 6.06. The first-order chi connectivity index (χ1) is 10.3. The summed E-state index contributed by atoms with van der Waals surface area (Å²) >= 11 is 0. The molecule has 2 aromatic rings. The number of anilines is 1. The number of hydrogen-bond acceptors (Lipinski definition) is 3. The first kappa shape index (κ1) is 13.6. The topological polar surface area (TPSA) is 33.2 Å². The SMILES string of the molecule is O=C(C=Cc1ccc(N2CCCC2)cc1)c1ccncc1. The minimum atomic E-state index is 0.000944. The zero-order chi connectivity index (χ0) is 14.5. The summed E-state index contributed by atoms with van der Waals surface area (Å²) in [4.78, 5) is 18.3. The van der Waals surface area contributed by atoms with Crippen LogP contribution in [0.25, 0.3) is 6.08 Å². The number of nitrogens with zero attached hydrogens (tertiary/aromatic N) is 2. The van der Waals surface area contributed by atoms with Gasteiger partial charge >= 0.3 is 0 Å². The molecule has 0 bridgehead atoms. The molecule has 0 unspecified atom stereocenters. The first-order valence-corrected chi connectivity index (χ1v) is 7.30. The molecule has 1 aliphatic heterocycles. The molecular weight excluding hydrogens is 260 g/mol. The number of allylic oxidation sites excluding steroid dienone is 1. The Morgan fingerprint density at radius 1 is 1.00 bits per heavy atom. The van der Waals surface area contributed by atoms with Gasteiger partial charge < -0.3 is 4.90 Å². The molecule has 106 valence electrons. The van der Waals surface area contributed by atoms with Gasteiger partial charge in [-0.2, -0.15) is 0 Å². The van der Waals surface area contributed by atoms with Gasteiger partial charge in [0.2, 0.25) is 0 Å². The van der Waals surface area contributed by atoms with Crippen molar-refractivity contribution in [1.82, 2.24) is 4.98 Å². The van der Waals surface area contributed by atoms with Crippen molar-refractivity contribution in [2.24, 2.45) is 0 Å². The Balaban J connectivity index is 1.67. The van der Waals surface area contributed by atoms with E-state index < -0.39 is 0 Å². The van der Waals surface area contributed by atoms with Gasteiger partial charge in [0.1, 0.15) is 0 Å². The van der Waals surface area contributed by atoms with E-state index in [0.29, 0.717) is 5.56 Å². The lowest BCUT2D eigenvalue weighted by Crippen LogP contribution is -2.17. The van der Waals surface area contributed by atoms with Crippen molar-refractivity contribution < 1.29 is 4.79 Å². The van der Waals surface area contributed by atoms with Gasteiger partial charge in [-0.1, -0.05) is 18.2 Å². The fourth-order valence-electron chi connectivity index (χ4n) is 2.56. The van der Waals surface area contributed by atoms with Crippen LogP contribution in [0.3, 0.4) is 0 Å². The number of carbonyl (C=O) groups excluding carboxylic acids is 1. The normalized spacial score (nSPS) is 14.8. The van der Waals surface area contributed by atoms with Crippen LogP contribution in [-0.2, 0) is 0 Å². The Morgan fingerprint density at radius 3 is 2.33 bits per heavy atom. The predicted octanol–water partition coefficient (Wildman–Crippen LogP) is 3.58. The Labute approximate surface area is 124 Å². The van der Waals surface area contributed by atoms with Gasteiger partial charge in [0.05, 0.1) is 0 Å². The lowest BCUT2D eigenvalue weighted by Gasteiger charge is -2.17. The van der Waals surface area contributed by atoms with Crippen LogP contribution in [-0.4, -0.2) is 23.9 Å². The number of hydrogen-bond donors (Lipinski definition) is 0. The summed E-state index contributed by atoms with van der Waals surface area (Å²) in [7, 11) is 0. The summed E-state index contributed by atoms with van der Waals surface area (Å²) in [5, 5.41) is 0. The standard InChI is InChI=1S/C18H18N2O/c21-18(16-9-11-19-12-10-16)8-5-15-3-6-17(7-4-15)20-13-1-2-14-20/h3-12H,1-2,13-14H2. The van der Waals surface area contributed by atoms with Crippen molar-refractivity contribution in [3.05, 3.63) is 66.0 Å². The second kappa shape index (κ2) is 6.35. The number of ketones is 1. The van der Waals surface area contributed by atoms with Gasteiger partial charge in [0.15, 0.2) is 5.78 Å². The monoisotopic (exact) mass is 278 g/mol. The average Bonchev–Trinajstić information content (AvgIpc) is 3.08. The average molecular weight is 278 g/mol. The van der Waals surface area contributed by atoms with Gasteiger partial charge in [-0.25, -0.2) is 0 Å². The number of carbonyl (C=O) groups is 1. The lowest BCUT2D eigenvalue weighted by molar-refractivity contribution is 0.104. The van der Waals surface area contributed by atoms with Crippen molar-refractivity contribution in [2.75, 3.05) is 18.0 Å². The van der Waals surface area contributed by atoms with Crippen molar-refractivity contribution in [2.45, 2.75) is 12.8 Å². The fourth-order valence-corrected chi connectivity index (χ4v) is 2.56. The first-order valence-electron chi connectivity index (χ1n) is 7.30. The molecule has 1 aliphatic rings. The molecule has 0 spiro atoms. The second-order valence-corrected chi connectivity index (χ2v) is 5.22. The minimum Gasteiger partial charge on any atom is -0.372 e. The zero-order valence-corrected chi connectivity index (χ0v) is 11.9. The molecule has 3 nitrogen and oxygen atoms in total. The van der Waals surface area contributed by atoms with Crippen molar-refractivity contribution in [1.29, 1.82) is 0 Å². The third-order valence-electron chi connectivity index (χ3n) is 3.76. The van der Waals surface area contributed by atoms with Crippen LogP contribution >= 0.6 is 0 Å². The molecule has 2 heterocycles. The van der Waals surface area contributed by atoms with Crippen LogP contribution < -0.4 is 4.90 Å². The fraction of sp³-hybridized carbons (Fsp3) is 0.222. The van der Waals surface area contributed by atoms with Crippen LogP contribution in [0.1, 0.15) is 28.8 Å². The lowest BCUT2D eigenvalue weighted by atomic mass is 10.1. The van der Waals surface area contributed by atoms with Gasteiger partial charge in [-0.3, -0.25) is 9.78 Å². The summed E-state index contributed by atoms with van der Waals surface area (Å²) in [5.74, 6) is 0.000944. The molecule has 0 amide bonds. The van der Waals surface area contributed by atoms with Gasteiger partial charge in [-0.15, -0.1) is 0 Å². The van der Waals surface area contributed by atoms with E-state index in [1.807, 2.05) is 6.08 Å². The van der Waals surface area contributed by atoms with Crippen molar-refractivity contribution in [3.8, 4) is 0 Å². The van der Waals surface area contributed by atoms with Crippen molar-refractivity contribution in [3.63, 3.8) is 0 Å². The van der Waals surface area contributed by atoms with Crippen LogP contribution in [0, 0.1) is 0 Å². The van der Waals surface area contributed by atoms with E-state index in [1.165, 1.54) is 18.5 Å². The van der Waals surface area contributed by atoms with E-state index in [-0.39, 0.29) is 5.78 Å². The summed E-state index contributed by atoms with van der Waals surface area (Å²) in [6, 6.07) is 11.8. The largest absolute Gasteiger partial charge is 0.372 e. The molecule has 3 heteroatoms. The van der Waals surface area contributed by atoms with E-state index in [0.717, 1.165) is 18.7 Å². The molecule has 1 fully saturated rings. The van der Waals surface area contributed by atoms with Crippen molar-refractivity contribution >= 4 is 17.5 Å². The third kappa shape index (κ3) is 3.37. The minimum absolute atomic E-state index is 0.000944. The third-order valence-corrected chi connectivity index (χ3v) is 3.76. The smallest absolute Gasteiger partial charge is 0.185 e. The maximum atomic E-state index is 12.0. The molecule has 0 aliphatic carbocycles. The van der Waals surface area contributed by atoms with E-state index in [1.54, 1.807) is 30.6 Å². The van der Waals surface area contributed by atoms with E-state index in [4.69, 9.17) is 0 Å². The van der Waals surface area contributed by atoms with Crippen LogP contribution in [0.15, 0.2) is 54.9 Å². The van der Waals surface area contributed by atoms with E-state index in [2.05, 4.69) is 34.1 Å². The van der Waals surface area contributed by atoms with Gasteiger partial charge in [0.25, 0.3) is 0 Å². The number of pyridine rings is 1. The molecule has 1 aromatic heterocycles. The molecule has 0 radical (unpaired) electrons. The number of aromatic nitrogens is 1. The Bertz CT molecular complexity index is 626. The molecule has 0 saturated carbocycles. The highest BCUT2D eigenvalue weighted by atomic mass is 16.1. The number of benzene rings is 1. The summed E-state index contributed by atoms with van der Waals surface area (Å²) in [5.41, 5.74) is 2.97. The van der Waals surface area contributed by atoms with Gasteiger partial charge in [0, 0.05) is 36.7 Å². The van der Waals surface area contributed by atoms with Crippen LogP contribution in [0.4, 0.5) is 5.69 Å².